The van der Waals surface area contributed by atoms with Crippen LogP contribution in [0.15, 0.2) is 15.8 Å². The molecule has 2 rings (SSSR count). The number of Topliss-reactive ketones (excluding diaryl/α,β-unsaturated/α-hetero) is 1. The highest BCUT2D eigenvalue weighted by molar-refractivity contribution is 7.99. The van der Waals surface area contributed by atoms with Gasteiger partial charge in [0.25, 0.3) is 5.56 Å². The van der Waals surface area contributed by atoms with Gasteiger partial charge < -0.3 is 14.9 Å². The Kier molecular flexibility index (Phi) is 11.9. The summed E-state index contributed by atoms with van der Waals surface area (Å²) >= 11 is 2.00. The highest BCUT2D eigenvalue weighted by Crippen LogP contribution is 2.36. The van der Waals surface area contributed by atoms with E-state index in [1.165, 1.54) is 56.7 Å². The molecule has 1 saturated heterocycles. The molecule has 0 radical (unpaired) electrons. The number of aryl methyl sites for hydroxylation is 1. The van der Waals surface area contributed by atoms with Gasteiger partial charge in [-0.3, -0.25) is 19.1 Å². The number of nitrogens with one attached hydrogen (secondary N) is 1. The quantitative estimate of drug-likeness (QED) is 0.308. The normalized spacial score (nSPS) is 22.7. The van der Waals surface area contributed by atoms with Crippen molar-refractivity contribution in [3.05, 3.63) is 32.6 Å². The molecule has 1 aromatic rings. The molecule has 1 aliphatic heterocycles. The first-order valence-corrected chi connectivity index (χ1v) is 13.4. The molecule has 3 atom stereocenters. The van der Waals surface area contributed by atoms with Crippen LogP contribution in [0.2, 0.25) is 0 Å². The highest BCUT2D eigenvalue weighted by atomic mass is 32.2. The molecule has 1 aliphatic rings. The van der Waals surface area contributed by atoms with E-state index in [0.29, 0.717) is 6.42 Å². The van der Waals surface area contributed by atoms with Crippen LogP contribution in [0.3, 0.4) is 0 Å². The first kappa shape index (κ1) is 27.8. The molecule has 2 heterocycles. The number of aromatic nitrogens is 2. The first-order valence-electron chi connectivity index (χ1n) is 12.3. The van der Waals surface area contributed by atoms with Gasteiger partial charge >= 0.3 is 5.69 Å². The molecular formula is C24H40N2O6S. The Morgan fingerprint density at radius 3 is 2.33 bits per heavy atom. The monoisotopic (exact) mass is 484 g/mol. The van der Waals surface area contributed by atoms with Crippen molar-refractivity contribution in [1.82, 2.24) is 9.55 Å². The number of ether oxygens (including phenoxy) is 1. The minimum absolute atomic E-state index is 0.140. The number of aliphatic hydroxyl groups excluding tert-OH is 2. The second kappa shape index (κ2) is 14.1. The van der Waals surface area contributed by atoms with Crippen molar-refractivity contribution < 1.29 is 19.7 Å². The van der Waals surface area contributed by atoms with Crippen LogP contribution in [0.4, 0.5) is 0 Å². The zero-order valence-corrected chi connectivity index (χ0v) is 20.8. The number of ketones is 1. The Bertz CT molecular complexity index is 854. The molecule has 0 bridgehead atoms. The lowest BCUT2D eigenvalue weighted by molar-refractivity contribution is -0.162. The highest BCUT2D eigenvalue weighted by Gasteiger charge is 2.52. The van der Waals surface area contributed by atoms with Gasteiger partial charge in [-0.2, -0.15) is 11.8 Å². The summed E-state index contributed by atoms with van der Waals surface area (Å²) in [7, 11) is 0. The van der Waals surface area contributed by atoms with Gasteiger partial charge in [0.2, 0.25) is 5.72 Å². The van der Waals surface area contributed by atoms with Crippen molar-refractivity contribution in [1.29, 1.82) is 0 Å². The molecule has 9 heteroatoms. The molecule has 0 aromatic carbocycles. The number of aromatic amines is 1. The number of hydrogen-bond donors (Lipinski definition) is 3. The van der Waals surface area contributed by atoms with Crippen LogP contribution in [-0.4, -0.2) is 55.9 Å². The summed E-state index contributed by atoms with van der Waals surface area (Å²) < 4.78 is 6.85. The maximum atomic E-state index is 13.2. The lowest BCUT2D eigenvalue weighted by Crippen LogP contribution is -2.50. The molecule has 0 saturated carbocycles. The number of carbonyl (C=O) groups is 1. The summed E-state index contributed by atoms with van der Waals surface area (Å²) in [4.78, 5) is 39.7. The van der Waals surface area contributed by atoms with Crippen LogP contribution in [0, 0.1) is 6.92 Å². The van der Waals surface area contributed by atoms with E-state index in [9.17, 15) is 24.6 Å². The molecule has 33 heavy (non-hydrogen) atoms. The summed E-state index contributed by atoms with van der Waals surface area (Å²) in [6.45, 7) is 3.26. The van der Waals surface area contributed by atoms with Crippen LogP contribution in [-0.2, 0) is 15.3 Å². The minimum Gasteiger partial charge on any atom is -0.394 e. The number of hydrogen-bond acceptors (Lipinski definition) is 7. The Morgan fingerprint density at radius 2 is 1.76 bits per heavy atom. The maximum absolute atomic E-state index is 13.2. The Balaban J connectivity index is 1.85. The van der Waals surface area contributed by atoms with Gasteiger partial charge in [-0.05, 0) is 31.3 Å². The van der Waals surface area contributed by atoms with Crippen molar-refractivity contribution in [2.24, 2.45) is 0 Å². The summed E-state index contributed by atoms with van der Waals surface area (Å²) in [6.07, 6.45) is 9.40. The lowest BCUT2D eigenvalue weighted by atomic mass is 9.96. The second-order valence-electron chi connectivity index (χ2n) is 8.89. The van der Waals surface area contributed by atoms with Crippen LogP contribution in [0.25, 0.3) is 0 Å². The van der Waals surface area contributed by atoms with Gasteiger partial charge in [-0.15, -0.1) is 0 Å². The summed E-state index contributed by atoms with van der Waals surface area (Å²) in [5.74, 6) is 2.13. The molecule has 0 amide bonds. The Hall–Kier alpha value is -1.42. The number of nitrogens with zero attached hydrogens (tertiary/aromatic N) is 1. The summed E-state index contributed by atoms with van der Waals surface area (Å²) in [6, 6.07) is 0. The van der Waals surface area contributed by atoms with Gasteiger partial charge in [0, 0.05) is 24.6 Å². The number of unbranched alkanes of at least 4 members (excludes halogenated alkanes) is 8. The average Bonchev–Trinajstić information content (AvgIpc) is 3.14. The van der Waals surface area contributed by atoms with E-state index in [2.05, 4.69) is 11.9 Å². The van der Waals surface area contributed by atoms with Gasteiger partial charge in [0.15, 0.2) is 5.78 Å². The zero-order chi connectivity index (χ0) is 24.3. The molecule has 0 unspecified atom stereocenters. The van der Waals surface area contributed by atoms with Crippen molar-refractivity contribution in [2.45, 2.75) is 102 Å². The smallest absolute Gasteiger partial charge is 0.331 e. The summed E-state index contributed by atoms with van der Waals surface area (Å²) in [5, 5.41) is 19.8. The van der Waals surface area contributed by atoms with Gasteiger partial charge in [-0.1, -0.05) is 51.9 Å². The SMILES string of the molecule is CCSCCCCCCCCCCCC(=O)[C@]1(n2cc(C)c(=O)[nH]c2=O)C[C@H](O)[C@@H](CO)O1. The van der Waals surface area contributed by atoms with Gasteiger partial charge in [0.05, 0.1) is 12.7 Å². The first-order chi connectivity index (χ1) is 15.9. The molecular weight excluding hydrogens is 444 g/mol. The number of H-pyrrole nitrogens is 1. The third-order valence-electron chi connectivity index (χ3n) is 6.28. The van der Waals surface area contributed by atoms with Gasteiger partial charge in [-0.25, -0.2) is 4.79 Å². The van der Waals surface area contributed by atoms with Crippen molar-refractivity contribution in [3.8, 4) is 0 Å². The number of carbonyl (C=O) groups excluding carboxylic acids is 1. The average molecular weight is 485 g/mol. The standard InChI is InChI=1S/C24H40N2O6S/c1-3-33-14-12-10-8-6-4-5-7-9-11-13-21(29)24(15-19(28)20(17-27)32-24)26-16-18(2)22(30)25-23(26)31/h16,19-20,27-28H,3-15,17H2,1-2H3,(H,25,30,31)/t19-,20+,24-/m0/s1. The minimum atomic E-state index is -1.71. The predicted molar refractivity (Wildman–Crippen MR) is 131 cm³/mol. The zero-order valence-electron chi connectivity index (χ0n) is 20.0. The van der Waals surface area contributed by atoms with Crippen LogP contribution < -0.4 is 11.2 Å². The van der Waals surface area contributed by atoms with Crippen LogP contribution in [0.5, 0.6) is 0 Å². The van der Waals surface area contributed by atoms with E-state index < -0.39 is 35.8 Å². The van der Waals surface area contributed by atoms with E-state index in [1.54, 1.807) is 0 Å². The summed E-state index contributed by atoms with van der Waals surface area (Å²) in [5.41, 5.74) is -2.75. The van der Waals surface area contributed by atoms with E-state index in [4.69, 9.17) is 4.74 Å². The van der Waals surface area contributed by atoms with E-state index in [-0.39, 0.29) is 24.2 Å². The van der Waals surface area contributed by atoms with Gasteiger partial charge in [0.1, 0.15) is 6.10 Å². The molecule has 0 aliphatic carbocycles. The number of thioether (sulfide) groups is 1. The fourth-order valence-corrected chi connectivity index (χ4v) is 5.02. The van der Waals surface area contributed by atoms with Crippen LogP contribution >= 0.6 is 11.8 Å². The molecule has 8 nitrogen and oxygen atoms in total. The molecule has 0 spiro atoms. The van der Waals surface area contributed by atoms with E-state index in [1.807, 2.05) is 11.8 Å². The van der Waals surface area contributed by atoms with Crippen molar-refractivity contribution in [3.63, 3.8) is 0 Å². The fourth-order valence-electron chi connectivity index (χ4n) is 4.32. The number of rotatable bonds is 16. The largest absolute Gasteiger partial charge is 0.394 e. The maximum Gasteiger partial charge on any atom is 0.331 e. The van der Waals surface area contributed by atoms with E-state index >= 15 is 0 Å². The molecule has 1 aromatic heterocycles. The fraction of sp³-hybridized carbons (Fsp3) is 0.792. The third-order valence-corrected chi connectivity index (χ3v) is 7.27. The second-order valence-corrected chi connectivity index (χ2v) is 10.3. The molecule has 1 fully saturated rings. The topological polar surface area (TPSA) is 122 Å². The number of aliphatic hydroxyl groups is 2. The van der Waals surface area contributed by atoms with E-state index in [0.717, 1.165) is 23.8 Å². The third kappa shape index (κ3) is 7.80. The Morgan fingerprint density at radius 1 is 1.15 bits per heavy atom. The Labute approximate surface area is 200 Å². The molecule has 188 valence electrons. The molecule has 3 N–H and O–H groups in total. The van der Waals surface area contributed by atoms with Crippen molar-refractivity contribution in [2.75, 3.05) is 18.1 Å². The predicted octanol–water partition coefficient (Wildman–Crippen LogP) is 2.86. The van der Waals surface area contributed by atoms with Crippen LogP contribution in [0.1, 0.15) is 83.1 Å². The van der Waals surface area contributed by atoms with Crippen molar-refractivity contribution >= 4 is 17.5 Å². The lowest BCUT2D eigenvalue weighted by Gasteiger charge is -2.29.